The Morgan fingerprint density at radius 1 is 1.10 bits per heavy atom. The van der Waals surface area contributed by atoms with Crippen LogP contribution in [0.3, 0.4) is 0 Å². The fourth-order valence-corrected chi connectivity index (χ4v) is 2.83. The highest BCUT2D eigenvalue weighted by atomic mass is 16.5. The van der Waals surface area contributed by atoms with E-state index in [0.717, 1.165) is 17.7 Å². The summed E-state index contributed by atoms with van der Waals surface area (Å²) in [4.78, 5) is 18.3. The van der Waals surface area contributed by atoms with Gasteiger partial charge in [0, 0.05) is 7.05 Å². The average molecular weight is 394 g/mol. The average Bonchev–Trinajstić information content (AvgIpc) is 3.30. The van der Waals surface area contributed by atoms with E-state index in [1.54, 1.807) is 23.0 Å². The quantitative estimate of drug-likeness (QED) is 0.554. The summed E-state index contributed by atoms with van der Waals surface area (Å²) in [5.74, 6) is 1.12. The number of rotatable bonds is 9. The molecule has 1 heterocycles. The lowest BCUT2D eigenvalue weighted by molar-refractivity contribution is -0.134. The predicted molar refractivity (Wildman–Crippen MR) is 110 cm³/mol. The maximum absolute atomic E-state index is 12.6. The second-order valence-electron chi connectivity index (χ2n) is 6.70. The van der Waals surface area contributed by atoms with Crippen LogP contribution >= 0.6 is 0 Å². The van der Waals surface area contributed by atoms with Crippen LogP contribution in [0.5, 0.6) is 11.5 Å². The number of amides is 1. The molecule has 0 N–H and O–H groups in total. The molecule has 1 aromatic heterocycles. The van der Waals surface area contributed by atoms with E-state index in [-0.39, 0.29) is 18.6 Å². The second kappa shape index (κ2) is 9.73. The first-order valence-electron chi connectivity index (χ1n) is 9.65. The van der Waals surface area contributed by atoms with Crippen LogP contribution in [-0.2, 0) is 4.79 Å². The van der Waals surface area contributed by atoms with Crippen molar-refractivity contribution >= 4 is 5.91 Å². The Kier molecular flexibility index (Phi) is 6.84. The molecule has 0 aliphatic carbocycles. The van der Waals surface area contributed by atoms with Crippen molar-refractivity contribution in [3.05, 3.63) is 66.7 Å². The molecule has 3 aromatic rings. The van der Waals surface area contributed by atoms with Crippen molar-refractivity contribution in [1.82, 2.24) is 19.7 Å². The topological polar surface area (TPSA) is 69.5 Å². The van der Waals surface area contributed by atoms with Crippen molar-refractivity contribution in [2.75, 3.05) is 20.3 Å². The first-order valence-corrected chi connectivity index (χ1v) is 9.65. The van der Waals surface area contributed by atoms with E-state index in [1.807, 2.05) is 62.4 Å². The third-order valence-corrected chi connectivity index (χ3v) is 4.70. The van der Waals surface area contributed by atoms with Crippen molar-refractivity contribution in [2.45, 2.75) is 26.3 Å². The maximum Gasteiger partial charge on any atom is 0.260 e. The molecule has 0 unspecified atom stereocenters. The fourth-order valence-electron chi connectivity index (χ4n) is 2.83. The molecule has 29 heavy (non-hydrogen) atoms. The highest BCUT2D eigenvalue weighted by molar-refractivity contribution is 5.78. The maximum atomic E-state index is 12.6. The Morgan fingerprint density at radius 3 is 2.41 bits per heavy atom. The summed E-state index contributed by atoms with van der Waals surface area (Å²) in [6.07, 6.45) is 4.05. The van der Waals surface area contributed by atoms with E-state index < -0.39 is 0 Å². The van der Waals surface area contributed by atoms with E-state index in [4.69, 9.17) is 9.47 Å². The normalized spacial score (nSPS) is 11.7. The Bertz CT molecular complexity index is 910. The minimum Gasteiger partial charge on any atom is -0.490 e. The Morgan fingerprint density at radius 2 is 1.79 bits per heavy atom. The molecule has 0 aliphatic heterocycles. The summed E-state index contributed by atoms with van der Waals surface area (Å²) in [5, 5.41) is 4.12. The Labute approximate surface area is 170 Å². The monoisotopic (exact) mass is 394 g/mol. The van der Waals surface area contributed by atoms with Gasteiger partial charge in [0.05, 0.1) is 18.3 Å². The number of ether oxygens (including phenoxy) is 2. The third kappa shape index (κ3) is 5.13. The van der Waals surface area contributed by atoms with Crippen molar-refractivity contribution in [1.29, 1.82) is 0 Å². The lowest BCUT2D eigenvalue weighted by Gasteiger charge is -2.25. The van der Waals surface area contributed by atoms with Gasteiger partial charge < -0.3 is 14.4 Å². The van der Waals surface area contributed by atoms with E-state index in [2.05, 4.69) is 10.1 Å². The van der Waals surface area contributed by atoms with Crippen molar-refractivity contribution in [3.8, 4) is 17.2 Å². The Hall–Kier alpha value is -3.35. The molecular weight excluding hydrogens is 368 g/mol. The van der Waals surface area contributed by atoms with E-state index >= 15 is 0 Å². The lowest BCUT2D eigenvalue weighted by atomic mass is 10.1. The largest absolute Gasteiger partial charge is 0.490 e. The number of likely N-dealkylation sites (N-methyl/N-ethyl adjacent to an activating group) is 1. The zero-order valence-corrected chi connectivity index (χ0v) is 17.0. The number of aromatic nitrogens is 3. The van der Waals surface area contributed by atoms with Gasteiger partial charge in [-0.1, -0.05) is 31.2 Å². The molecule has 1 amide bonds. The number of hydrogen-bond donors (Lipinski definition) is 0. The number of hydrogen-bond acceptors (Lipinski definition) is 5. The SMILES string of the molecule is CCCOc1ccccc1OCC(=O)N(C)[C@H](C)c1ccc(-n2cncn2)cc1. The molecular formula is C22H26N4O3. The van der Waals surface area contributed by atoms with Gasteiger partial charge in [0.2, 0.25) is 0 Å². The van der Waals surface area contributed by atoms with Crippen LogP contribution in [0, 0.1) is 0 Å². The molecule has 7 heteroatoms. The van der Waals surface area contributed by atoms with Gasteiger partial charge in [0.1, 0.15) is 12.7 Å². The van der Waals surface area contributed by atoms with E-state index in [1.165, 1.54) is 6.33 Å². The highest BCUT2D eigenvalue weighted by Crippen LogP contribution is 2.27. The molecule has 0 aliphatic rings. The van der Waals surface area contributed by atoms with Gasteiger partial charge in [-0.3, -0.25) is 4.79 Å². The summed E-state index contributed by atoms with van der Waals surface area (Å²) in [6.45, 7) is 4.59. The third-order valence-electron chi connectivity index (χ3n) is 4.70. The van der Waals surface area contributed by atoms with Gasteiger partial charge >= 0.3 is 0 Å². The second-order valence-corrected chi connectivity index (χ2v) is 6.70. The molecule has 0 fully saturated rings. The van der Waals surface area contributed by atoms with Crippen LogP contribution in [0.1, 0.15) is 31.9 Å². The molecule has 1 atom stereocenters. The van der Waals surface area contributed by atoms with Crippen molar-refractivity contribution in [3.63, 3.8) is 0 Å². The standard InChI is InChI=1S/C22H26N4O3/c1-4-13-28-20-7-5-6-8-21(20)29-14-22(27)25(3)17(2)18-9-11-19(12-10-18)26-16-23-15-24-26/h5-12,15-17H,4,13-14H2,1-3H3/t17-/m1/s1. The van der Waals surface area contributed by atoms with Gasteiger partial charge in [-0.25, -0.2) is 9.67 Å². The van der Waals surface area contributed by atoms with Gasteiger partial charge in [0.15, 0.2) is 18.1 Å². The van der Waals surface area contributed by atoms with Gasteiger partial charge in [-0.2, -0.15) is 5.10 Å². The summed E-state index contributed by atoms with van der Waals surface area (Å²) in [6, 6.07) is 15.2. The van der Waals surface area contributed by atoms with Crippen LogP contribution in [-0.4, -0.2) is 45.8 Å². The number of nitrogens with zero attached hydrogens (tertiary/aromatic N) is 4. The smallest absolute Gasteiger partial charge is 0.260 e. The molecule has 7 nitrogen and oxygen atoms in total. The molecule has 2 aromatic carbocycles. The number of carbonyl (C=O) groups excluding carboxylic acids is 1. The lowest BCUT2D eigenvalue weighted by Crippen LogP contribution is -2.33. The van der Waals surface area contributed by atoms with Gasteiger partial charge in [-0.05, 0) is 43.2 Å². The number of para-hydroxylation sites is 2. The molecule has 0 bridgehead atoms. The summed E-state index contributed by atoms with van der Waals surface area (Å²) in [7, 11) is 1.78. The number of carbonyl (C=O) groups is 1. The molecule has 0 radical (unpaired) electrons. The summed E-state index contributed by atoms with van der Waals surface area (Å²) in [5.41, 5.74) is 1.94. The molecule has 0 spiro atoms. The minimum absolute atomic E-state index is 0.0512. The van der Waals surface area contributed by atoms with Crippen LogP contribution in [0.2, 0.25) is 0 Å². The van der Waals surface area contributed by atoms with Crippen LogP contribution < -0.4 is 9.47 Å². The minimum atomic E-state index is -0.108. The van der Waals surface area contributed by atoms with Gasteiger partial charge in [0.25, 0.3) is 5.91 Å². The van der Waals surface area contributed by atoms with Crippen LogP contribution in [0.4, 0.5) is 0 Å². The Balaban J connectivity index is 1.60. The summed E-state index contributed by atoms with van der Waals surface area (Å²) < 4.78 is 13.1. The molecule has 0 saturated carbocycles. The molecule has 3 rings (SSSR count). The van der Waals surface area contributed by atoms with Crippen molar-refractivity contribution in [2.24, 2.45) is 0 Å². The first kappa shape index (κ1) is 20.4. The van der Waals surface area contributed by atoms with Crippen LogP contribution in [0.25, 0.3) is 5.69 Å². The molecule has 0 saturated heterocycles. The first-order chi connectivity index (χ1) is 14.1. The van der Waals surface area contributed by atoms with E-state index in [9.17, 15) is 4.79 Å². The summed E-state index contributed by atoms with van der Waals surface area (Å²) >= 11 is 0. The predicted octanol–water partition coefficient (Wildman–Crippen LogP) is 3.65. The van der Waals surface area contributed by atoms with Crippen molar-refractivity contribution < 1.29 is 14.3 Å². The fraction of sp³-hybridized carbons (Fsp3) is 0.318. The highest BCUT2D eigenvalue weighted by Gasteiger charge is 2.18. The zero-order valence-electron chi connectivity index (χ0n) is 17.0. The number of benzene rings is 2. The molecule has 152 valence electrons. The van der Waals surface area contributed by atoms with E-state index in [0.29, 0.717) is 18.1 Å². The zero-order chi connectivity index (χ0) is 20.6. The van der Waals surface area contributed by atoms with Crippen LogP contribution in [0.15, 0.2) is 61.2 Å². The van der Waals surface area contributed by atoms with Gasteiger partial charge in [-0.15, -0.1) is 0 Å².